The number of piperidine rings is 1. The molecule has 1 aromatic heterocycles. The van der Waals surface area contributed by atoms with Crippen LogP contribution in [0.4, 0.5) is 4.39 Å². The molecule has 16 heavy (non-hydrogen) atoms. The highest BCUT2D eigenvalue weighted by Gasteiger charge is 2.34. The molecule has 2 heterocycles. The lowest BCUT2D eigenvalue weighted by Crippen LogP contribution is -2.41. The molecule has 0 amide bonds. The Morgan fingerprint density at radius 2 is 2.19 bits per heavy atom. The molecular formula is C11H14ClFN2O. The van der Waals surface area contributed by atoms with Crippen molar-refractivity contribution in [2.24, 2.45) is 0 Å². The zero-order valence-electron chi connectivity index (χ0n) is 9.09. The second-order valence-electron chi connectivity index (χ2n) is 3.95. The lowest BCUT2D eigenvalue weighted by Gasteiger charge is -2.36. The van der Waals surface area contributed by atoms with E-state index in [1.54, 1.807) is 13.3 Å². The summed E-state index contributed by atoms with van der Waals surface area (Å²) >= 11 is 5.57. The summed E-state index contributed by atoms with van der Waals surface area (Å²) in [5.74, 6) is -0.492. The van der Waals surface area contributed by atoms with Gasteiger partial charge in [-0.2, -0.15) is 0 Å². The maximum Gasteiger partial charge on any atom is 0.164 e. The van der Waals surface area contributed by atoms with Gasteiger partial charge in [0, 0.05) is 18.9 Å². The number of aromatic nitrogens is 1. The van der Waals surface area contributed by atoms with Crippen LogP contribution in [0.25, 0.3) is 0 Å². The topological polar surface area (TPSA) is 34.1 Å². The van der Waals surface area contributed by atoms with Gasteiger partial charge >= 0.3 is 0 Å². The first-order valence-corrected chi connectivity index (χ1v) is 5.63. The van der Waals surface area contributed by atoms with Crippen molar-refractivity contribution in [2.75, 3.05) is 20.2 Å². The van der Waals surface area contributed by atoms with Crippen LogP contribution in [0.5, 0.6) is 0 Å². The minimum Gasteiger partial charge on any atom is -0.373 e. The van der Waals surface area contributed by atoms with Gasteiger partial charge in [-0.3, -0.25) is 0 Å². The number of hydrogen-bond donors (Lipinski definition) is 1. The van der Waals surface area contributed by atoms with Gasteiger partial charge in [0.2, 0.25) is 0 Å². The molecule has 1 aromatic rings. The van der Waals surface area contributed by atoms with E-state index in [0.717, 1.165) is 31.5 Å². The van der Waals surface area contributed by atoms with Crippen LogP contribution in [-0.2, 0) is 10.3 Å². The third-order valence-corrected chi connectivity index (χ3v) is 3.40. The van der Waals surface area contributed by atoms with Crippen molar-refractivity contribution >= 4 is 11.6 Å². The van der Waals surface area contributed by atoms with Crippen molar-refractivity contribution in [3.8, 4) is 0 Å². The second kappa shape index (κ2) is 4.65. The molecule has 2 rings (SSSR count). The molecule has 1 aliphatic heterocycles. The molecule has 0 aromatic carbocycles. The first kappa shape index (κ1) is 11.8. The third kappa shape index (κ3) is 2.05. The fraction of sp³-hybridized carbons (Fsp3) is 0.545. The average molecular weight is 245 g/mol. The van der Waals surface area contributed by atoms with Crippen LogP contribution in [-0.4, -0.2) is 25.2 Å². The molecule has 1 fully saturated rings. The Morgan fingerprint density at radius 1 is 1.50 bits per heavy atom. The number of halogens is 2. The molecule has 5 heteroatoms. The van der Waals surface area contributed by atoms with Gasteiger partial charge in [-0.1, -0.05) is 11.6 Å². The maximum absolute atomic E-state index is 13.4. The molecule has 0 bridgehead atoms. The molecular weight excluding hydrogens is 231 g/mol. The molecule has 3 nitrogen and oxygen atoms in total. The lowest BCUT2D eigenvalue weighted by molar-refractivity contribution is -0.0395. The molecule has 0 saturated carbocycles. The van der Waals surface area contributed by atoms with Gasteiger partial charge in [-0.15, -0.1) is 0 Å². The average Bonchev–Trinajstić information content (AvgIpc) is 2.33. The van der Waals surface area contributed by atoms with Crippen LogP contribution >= 0.6 is 11.6 Å². The second-order valence-corrected chi connectivity index (χ2v) is 4.30. The summed E-state index contributed by atoms with van der Waals surface area (Å²) < 4.78 is 18.9. The van der Waals surface area contributed by atoms with E-state index in [2.05, 4.69) is 10.3 Å². The Bertz CT molecular complexity index is 380. The van der Waals surface area contributed by atoms with Gasteiger partial charge in [-0.05, 0) is 32.0 Å². The van der Waals surface area contributed by atoms with Crippen molar-refractivity contribution in [1.82, 2.24) is 10.3 Å². The standard InChI is InChI=1S/C11H14ClFN2O/c1-16-11(2-4-14-5-3-11)8-6-9(13)10(12)15-7-8/h6-7,14H,2-5H2,1H3. The number of methoxy groups -OCH3 is 1. The van der Waals surface area contributed by atoms with Crippen LogP contribution in [0.2, 0.25) is 5.15 Å². The Morgan fingerprint density at radius 3 is 2.75 bits per heavy atom. The van der Waals surface area contributed by atoms with Gasteiger partial charge in [0.25, 0.3) is 0 Å². The Labute approximate surface area is 99.0 Å². The quantitative estimate of drug-likeness (QED) is 0.809. The first-order valence-electron chi connectivity index (χ1n) is 5.25. The summed E-state index contributed by atoms with van der Waals surface area (Å²) in [6.07, 6.45) is 3.22. The zero-order valence-corrected chi connectivity index (χ0v) is 9.85. The number of nitrogens with one attached hydrogen (secondary N) is 1. The Hall–Kier alpha value is -0.710. The largest absolute Gasteiger partial charge is 0.373 e. The summed E-state index contributed by atoms with van der Waals surface area (Å²) in [7, 11) is 1.65. The summed E-state index contributed by atoms with van der Waals surface area (Å²) in [6, 6.07) is 1.42. The summed E-state index contributed by atoms with van der Waals surface area (Å²) in [4.78, 5) is 3.84. The minimum absolute atomic E-state index is 0.0936. The van der Waals surface area contributed by atoms with Gasteiger partial charge < -0.3 is 10.1 Å². The fourth-order valence-corrected chi connectivity index (χ4v) is 2.22. The van der Waals surface area contributed by atoms with E-state index in [0.29, 0.717) is 0 Å². The summed E-state index contributed by atoms with van der Waals surface area (Å²) in [5.41, 5.74) is 0.336. The van der Waals surface area contributed by atoms with E-state index in [4.69, 9.17) is 16.3 Å². The highest BCUT2D eigenvalue weighted by molar-refractivity contribution is 6.29. The summed E-state index contributed by atoms with van der Waals surface area (Å²) in [6.45, 7) is 1.72. The number of pyridine rings is 1. The van der Waals surface area contributed by atoms with E-state index >= 15 is 0 Å². The SMILES string of the molecule is COC1(c2cnc(Cl)c(F)c2)CCNCC1. The van der Waals surface area contributed by atoms with Crippen molar-refractivity contribution in [2.45, 2.75) is 18.4 Å². The van der Waals surface area contributed by atoms with Gasteiger partial charge in [0.15, 0.2) is 11.0 Å². The third-order valence-electron chi connectivity index (χ3n) is 3.12. The molecule has 1 aliphatic rings. The Balaban J connectivity index is 2.35. The van der Waals surface area contributed by atoms with Gasteiger partial charge in [-0.25, -0.2) is 9.37 Å². The number of hydrogen-bond acceptors (Lipinski definition) is 3. The van der Waals surface area contributed by atoms with Gasteiger partial charge in [0.1, 0.15) is 0 Å². The van der Waals surface area contributed by atoms with Crippen LogP contribution in [0.15, 0.2) is 12.3 Å². The van der Waals surface area contributed by atoms with Crippen molar-refractivity contribution in [3.05, 3.63) is 28.8 Å². The first-order chi connectivity index (χ1) is 7.68. The van der Waals surface area contributed by atoms with E-state index < -0.39 is 11.4 Å². The molecule has 88 valence electrons. The number of ether oxygens (including phenoxy) is 1. The van der Waals surface area contributed by atoms with Crippen molar-refractivity contribution in [3.63, 3.8) is 0 Å². The van der Waals surface area contributed by atoms with Gasteiger partial charge in [0.05, 0.1) is 5.60 Å². The minimum atomic E-state index is -0.492. The highest BCUT2D eigenvalue weighted by atomic mass is 35.5. The molecule has 0 unspecified atom stereocenters. The van der Waals surface area contributed by atoms with E-state index in [1.807, 2.05) is 0 Å². The monoisotopic (exact) mass is 244 g/mol. The summed E-state index contributed by atoms with van der Waals surface area (Å²) in [5, 5.41) is 3.16. The van der Waals surface area contributed by atoms with E-state index in [1.165, 1.54) is 6.07 Å². The highest BCUT2D eigenvalue weighted by Crippen LogP contribution is 2.34. The molecule has 1 N–H and O–H groups in total. The smallest absolute Gasteiger partial charge is 0.164 e. The van der Waals surface area contributed by atoms with Crippen LogP contribution in [0.3, 0.4) is 0 Å². The normalized spacial score (nSPS) is 19.7. The fourth-order valence-electron chi connectivity index (χ4n) is 2.11. The molecule has 1 saturated heterocycles. The van der Waals surface area contributed by atoms with Crippen LogP contribution in [0, 0.1) is 5.82 Å². The maximum atomic E-state index is 13.4. The van der Waals surface area contributed by atoms with E-state index in [-0.39, 0.29) is 5.15 Å². The predicted octanol–water partition coefficient (Wildman–Crippen LogP) is 2.10. The van der Waals surface area contributed by atoms with Crippen molar-refractivity contribution < 1.29 is 9.13 Å². The number of nitrogens with zero attached hydrogens (tertiary/aromatic N) is 1. The lowest BCUT2D eigenvalue weighted by atomic mass is 9.86. The molecule has 0 spiro atoms. The van der Waals surface area contributed by atoms with E-state index in [9.17, 15) is 4.39 Å². The zero-order chi connectivity index (χ0) is 11.6. The molecule has 0 aliphatic carbocycles. The predicted molar refractivity (Wildman–Crippen MR) is 60.0 cm³/mol. The van der Waals surface area contributed by atoms with Crippen LogP contribution in [0.1, 0.15) is 18.4 Å². The van der Waals surface area contributed by atoms with Crippen molar-refractivity contribution in [1.29, 1.82) is 0 Å². The molecule has 0 radical (unpaired) electrons. The number of rotatable bonds is 2. The molecule has 0 atom stereocenters. The Kier molecular flexibility index (Phi) is 3.42. The van der Waals surface area contributed by atoms with Crippen LogP contribution < -0.4 is 5.32 Å².